The highest BCUT2D eigenvalue weighted by Crippen LogP contribution is 2.16. The molecule has 0 spiro atoms. The second kappa shape index (κ2) is 4.94. The van der Waals surface area contributed by atoms with E-state index < -0.39 is 0 Å². The summed E-state index contributed by atoms with van der Waals surface area (Å²) in [5, 5.41) is 0. The number of aryl methyl sites for hydroxylation is 3. The number of aldehydes is 1. The lowest BCUT2D eigenvalue weighted by atomic mass is 9.98. The molecule has 14 heavy (non-hydrogen) atoms. The molecule has 1 nitrogen and oxygen atoms in total. The molecule has 1 heteroatoms. The number of benzene rings is 1. The van der Waals surface area contributed by atoms with Crippen molar-refractivity contribution < 1.29 is 4.79 Å². The minimum Gasteiger partial charge on any atom is -0.303 e. The molecule has 0 amide bonds. The quantitative estimate of drug-likeness (QED) is 0.526. The Morgan fingerprint density at radius 1 is 1.14 bits per heavy atom. The second-order valence-corrected chi connectivity index (χ2v) is 3.91. The molecule has 1 aromatic rings. The van der Waals surface area contributed by atoms with Crippen molar-refractivity contribution in [3.63, 3.8) is 0 Å². The van der Waals surface area contributed by atoms with Gasteiger partial charge in [-0.2, -0.15) is 0 Å². The standard InChI is InChI=1S/C13H18O/c1-10-8-13(6-4-5-7-14)9-11(2)12(10)3/h7-9H,4-6H2,1-3H3. The highest BCUT2D eigenvalue weighted by molar-refractivity contribution is 5.49. The van der Waals surface area contributed by atoms with Gasteiger partial charge >= 0.3 is 0 Å². The van der Waals surface area contributed by atoms with Crippen LogP contribution in [0.25, 0.3) is 0 Å². The summed E-state index contributed by atoms with van der Waals surface area (Å²) in [4.78, 5) is 10.2. The van der Waals surface area contributed by atoms with Crippen LogP contribution in [0.4, 0.5) is 0 Å². The van der Waals surface area contributed by atoms with Crippen LogP contribution in [0.5, 0.6) is 0 Å². The smallest absolute Gasteiger partial charge is 0.120 e. The van der Waals surface area contributed by atoms with Gasteiger partial charge in [-0.3, -0.25) is 0 Å². The lowest BCUT2D eigenvalue weighted by molar-refractivity contribution is -0.107. The van der Waals surface area contributed by atoms with Gasteiger partial charge in [0.2, 0.25) is 0 Å². The van der Waals surface area contributed by atoms with Crippen LogP contribution in [0, 0.1) is 20.8 Å². The van der Waals surface area contributed by atoms with Crippen LogP contribution >= 0.6 is 0 Å². The number of carbonyl (C=O) groups is 1. The summed E-state index contributed by atoms with van der Waals surface area (Å²) in [7, 11) is 0. The van der Waals surface area contributed by atoms with Gasteiger partial charge in [-0.05, 0) is 55.9 Å². The molecule has 0 bridgehead atoms. The minimum atomic E-state index is 0.673. The molecule has 0 fully saturated rings. The molecule has 0 aromatic heterocycles. The molecule has 1 aromatic carbocycles. The summed E-state index contributed by atoms with van der Waals surface area (Å²) in [5.41, 5.74) is 5.44. The summed E-state index contributed by atoms with van der Waals surface area (Å²) in [5.74, 6) is 0. The summed E-state index contributed by atoms with van der Waals surface area (Å²) in [6.07, 6.45) is 3.64. The third kappa shape index (κ3) is 2.69. The zero-order valence-electron chi connectivity index (χ0n) is 9.26. The Bertz CT molecular complexity index is 303. The summed E-state index contributed by atoms with van der Waals surface area (Å²) < 4.78 is 0. The van der Waals surface area contributed by atoms with E-state index in [1.54, 1.807) is 0 Å². The molecule has 0 aliphatic carbocycles. The van der Waals surface area contributed by atoms with Crippen LogP contribution < -0.4 is 0 Å². The van der Waals surface area contributed by atoms with E-state index in [0.29, 0.717) is 6.42 Å². The number of rotatable bonds is 4. The molecule has 1 rings (SSSR count). The van der Waals surface area contributed by atoms with Crippen LogP contribution in [0.2, 0.25) is 0 Å². The van der Waals surface area contributed by atoms with Crippen molar-refractivity contribution in [2.45, 2.75) is 40.0 Å². The molecular formula is C13H18O. The van der Waals surface area contributed by atoms with Gasteiger partial charge in [-0.25, -0.2) is 0 Å². The van der Waals surface area contributed by atoms with Gasteiger partial charge in [0.25, 0.3) is 0 Å². The van der Waals surface area contributed by atoms with E-state index in [-0.39, 0.29) is 0 Å². The average Bonchev–Trinajstić information content (AvgIpc) is 2.14. The summed E-state index contributed by atoms with van der Waals surface area (Å²) >= 11 is 0. The van der Waals surface area contributed by atoms with E-state index >= 15 is 0 Å². The maximum absolute atomic E-state index is 10.2. The highest BCUT2D eigenvalue weighted by Gasteiger charge is 2.00. The van der Waals surface area contributed by atoms with E-state index in [0.717, 1.165) is 19.1 Å². The lowest BCUT2D eigenvalue weighted by Gasteiger charge is -2.08. The molecule has 0 radical (unpaired) electrons. The zero-order chi connectivity index (χ0) is 10.6. The highest BCUT2D eigenvalue weighted by atomic mass is 16.1. The maximum Gasteiger partial charge on any atom is 0.120 e. The first kappa shape index (κ1) is 11.0. The normalized spacial score (nSPS) is 10.2. The van der Waals surface area contributed by atoms with Gasteiger partial charge in [0.15, 0.2) is 0 Å². The van der Waals surface area contributed by atoms with Crippen molar-refractivity contribution in [3.05, 3.63) is 34.4 Å². The Labute approximate surface area is 86.1 Å². The van der Waals surface area contributed by atoms with Crippen molar-refractivity contribution in [3.8, 4) is 0 Å². The molecule has 0 saturated carbocycles. The van der Waals surface area contributed by atoms with E-state index in [4.69, 9.17) is 0 Å². The van der Waals surface area contributed by atoms with Gasteiger partial charge in [-0.15, -0.1) is 0 Å². The minimum absolute atomic E-state index is 0.673. The molecular weight excluding hydrogens is 172 g/mol. The van der Waals surface area contributed by atoms with Crippen LogP contribution in [0.3, 0.4) is 0 Å². The predicted molar refractivity (Wildman–Crippen MR) is 59.7 cm³/mol. The Morgan fingerprint density at radius 2 is 1.71 bits per heavy atom. The van der Waals surface area contributed by atoms with Crippen molar-refractivity contribution in [1.82, 2.24) is 0 Å². The molecule has 0 N–H and O–H groups in total. The molecule has 0 aliphatic rings. The van der Waals surface area contributed by atoms with E-state index in [9.17, 15) is 4.79 Å². The maximum atomic E-state index is 10.2. The monoisotopic (exact) mass is 190 g/mol. The van der Waals surface area contributed by atoms with Crippen LogP contribution in [-0.2, 0) is 11.2 Å². The largest absolute Gasteiger partial charge is 0.303 e. The number of unbranched alkanes of at least 4 members (excludes halogenated alkanes) is 1. The van der Waals surface area contributed by atoms with E-state index in [2.05, 4.69) is 32.9 Å². The number of carbonyl (C=O) groups excluding carboxylic acids is 1. The topological polar surface area (TPSA) is 17.1 Å². The molecule has 76 valence electrons. The first-order valence-electron chi connectivity index (χ1n) is 5.15. The van der Waals surface area contributed by atoms with Gasteiger partial charge in [-0.1, -0.05) is 12.1 Å². The fourth-order valence-corrected chi connectivity index (χ4v) is 1.66. The molecule has 0 saturated heterocycles. The predicted octanol–water partition coefficient (Wildman–Crippen LogP) is 3.13. The zero-order valence-corrected chi connectivity index (χ0v) is 9.26. The third-order valence-corrected chi connectivity index (χ3v) is 2.77. The van der Waals surface area contributed by atoms with Crippen molar-refractivity contribution in [2.24, 2.45) is 0 Å². The third-order valence-electron chi connectivity index (χ3n) is 2.77. The summed E-state index contributed by atoms with van der Waals surface area (Å²) in [6, 6.07) is 4.46. The SMILES string of the molecule is Cc1cc(CCCC=O)cc(C)c1C. The van der Waals surface area contributed by atoms with Gasteiger partial charge < -0.3 is 4.79 Å². The van der Waals surface area contributed by atoms with Gasteiger partial charge in [0.1, 0.15) is 6.29 Å². The van der Waals surface area contributed by atoms with Crippen LogP contribution in [0.15, 0.2) is 12.1 Å². The summed E-state index contributed by atoms with van der Waals surface area (Å²) in [6.45, 7) is 6.44. The molecule has 0 aliphatic heterocycles. The fraction of sp³-hybridized carbons (Fsp3) is 0.462. The lowest BCUT2D eigenvalue weighted by Crippen LogP contribution is -1.92. The van der Waals surface area contributed by atoms with Gasteiger partial charge in [0.05, 0.1) is 0 Å². The Hall–Kier alpha value is -1.11. The average molecular weight is 190 g/mol. The van der Waals surface area contributed by atoms with Crippen molar-refractivity contribution >= 4 is 6.29 Å². The van der Waals surface area contributed by atoms with Gasteiger partial charge in [0, 0.05) is 6.42 Å². The Balaban J connectivity index is 2.74. The Kier molecular flexibility index (Phi) is 3.87. The first-order valence-corrected chi connectivity index (χ1v) is 5.15. The number of hydrogen-bond acceptors (Lipinski definition) is 1. The first-order chi connectivity index (χ1) is 6.65. The van der Waals surface area contributed by atoms with Crippen LogP contribution in [0.1, 0.15) is 35.1 Å². The second-order valence-electron chi connectivity index (χ2n) is 3.91. The Morgan fingerprint density at radius 3 is 2.21 bits per heavy atom. The van der Waals surface area contributed by atoms with Crippen molar-refractivity contribution in [1.29, 1.82) is 0 Å². The molecule has 0 unspecified atom stereocenters. The van der Waals surface area contributed by atoms with E-state index in [1.807, 2.05) is 0 Å². The molecule has 0 heterocycles. The fourth-order valence-electron chi connectivity index (χ4n) is 1.66. The van der Waals surface area contributed by atoms with Crippen molar-refractivity contribution in [2.75, 3.05) is 0 Å². The number of hydrogen-bond donors (Lipinski definition) is 0. The van der Waals surface area contributed by atoms with E-state index in [1.165, 1.54) is 22.3 Å². The molecule has 0 atom stereocenters. The van der Waals surface area contributed by atoms with Crippen LogP contribution in [-0.4, -0.2) is 6.29 Å².